The van der Waals surface area contributed by atoms with Gasteiger partial charge in [-0.15, -0.1) is 11.8 Å². The van der Waals surface area contributed by atoms with Crippen LogP contribution in [0.25, 0.3) is 0 Å². The van der Waals surface area contributed by atoms with E-state index in [-0.39, 0.29) is 11.7 Å². The summed E-state index contributed by atoms with van der Waals surface area (Å²) in [6.07, 6.45) is 4.46. The number of aromatic nitrogens is 1. The van der Waals surface area contributed by atoms with Crippen LogP contribution < -0.4 is 5.32 Å². The number of aryl methyl sites for hydroxylation is 1. The van der Waals surface area contributed by atoms with Gasteiger partial charge in [0.1, 0.15) is 5.82 Å². The highest BCUT2D eigenvalue weighted by Gasteiger charge is 2.04. The Morgan fingerprint density at radius 1 is 1.04 bits per heavy atom. The summed E-state index contributed by atoms with van der Waals surface area (Å²) in [6, 6.07) is 18.1. The molecule has 1 N–H and O–H groups in total. The number of carbonyl (C=O) groups is 1. The van der Waals surface area contributed by atoms with Gasteiger partial charge < -0.3 is 5.32 Å². The molecular formula is C21H19FN2OS. The minimum atomic E-state index is -0.276. The summed E-state index contributed by atoms with van der Waals surface area (Å²) in [5.74, 6) is 0.500. The van der Waals surface area contributed by atoms with Gasteiger partial charge in [-0.25, -0.2) is 4.39 Å². The first kappa shape index (κ1) is 18.1. The summed E-state index contributed by atoms with van der Waals surface area (Å²) >= 11 is 1.72. The third-order valence-corrected chi connectivity index (χ3v) is 4.88. The second-order valence-electron chi connectivity index (χ2n) is 5.85. The number of rotatable bonds is 7. The smallest absolute Gasteiger partial charge is 0.224 e. The van der Waals surface area contributed by atoms with E-state index in [2.05, 4.69) is 10.3 Å². The number of thioether (sulfide) groups is 1. The van der Waals surface area contributed by atoms with Crippen LogP contribution in [0.1, 0.15) is 17.5 Å². The van der Waals surface area contributed by atoms with Gasteiger partial charge in [0.2, 0.25) is 5.91 Å². The lowest BCUT2D eigenvalue weighted by Gasteiger charge is -2.07. The highest BCUT2D eigenvalue weighted by molar-refractivity contribution is 7.98. The van der Waals surface area contributed by atoms with Gasteiger partial charge in [-0.05, 0) is 60.0 Å². The van der Waals surface area contributed by atoms with Crippen LogP contribution in [-0.4, -0.2) is 10.9 Å². The lowest BCUT2D eigenvalue weighted by atomic mass is 10.1. The Morgan fingerprint density at radius 3 is 2.58 bits per heavy atom. The number of nitrogens with zero attached hydrogens (tertiary/aromatic N) is 1. The molecule has 1 amide bonds. The summed E-state index contributed by atoms with van der Waals surface area (Å²) in [5, 5.41) is 2.88. The van der Waals surface area contributed by atoms with Crippen LogP contribution in [0.5, 0.6) is 0 Å². The minimum absolute atomic E-state index is 0.0787. The lowest BCUT2D eigenvalue weighted by Crippen LogP contribution is -2.12. The monoisotopic (exact) mass is 366 g/mol. The summed E-state index contributed by atoms with van der Waals surface area (Å²) in [7, 11) is 0. The maximum atomic E-state index is 13.1. The Bertz CT molecular complexity index is 853. The summed E-state index contributed by atoms with van der Waals surface area (Å²) in [4.78, 5) is 17.3. The largest absolute Gasteiger partial charge is 0.326 e. The van der Waals surface area contributed by atoms with E-state index >= 15 is 0 Å². The molecule has 0 aliphatic heterocycles. The average molecular weight is 366 g/mol. The molecule has 0 unspecified atom stereocenters. The topological polar surface area (TPSA) is 42.0 Å². The third kappa shape index (κ3) is 5.70. The van der Waals surface area contributed by atoms with Gasteiger partial charge in [-0.2, -0.15) is 0 Å². The fraction of sp³-hybridized carbons (Fsp3) is 0.143. The molecule has 3 rings (SSSR count). The van der Waals surface area contributed by atoms with E-state index in [0.717, 1.165) is 21.9 Å². The standard InChI is InChI=1S/C21H19FN2OS/c22-18-5-1-3-16(13-18)6-11-21(25)24-19-7-9-20(10-8-19)26-15-17-4-2-12-23-14-17/h1-5,7-10,12-14H,6,11,15H2,(H,24,25). The van der Waals surface area contributed by atoms with Crippen molar-refractivity contribution in [3.63, 3.8) is 0 Å². The van der Waals surface area contributed by atoms with E-state index in [1.807, 2.05) is 48.7 Å². The maximum absolute atomic E-state index is 13.1. The summed E-state index contributed by atoms with van der Waals surface area (Å²) in [5.41, 5.74) is 2.76. The average Bonchev–Trinajstić information content (AvgIpc) is 2.67. The Balaban J connectivity index is 1.46. The van der Waals surface area contributed by atoms with E-state index < -0.39 is 0 Å². The highest BCUT2D eigenvalue weighted by atomic mass is 32.2. The first-order valence-electron chi connectivity index (χ1n) is 8.35. The Labute approximate surface area is 156 Å². The Kier molecular flexibility index (Phi) is 6.39. The van der Waals surface area contributed by atoms with Gasteiger partial charge in [0.25, 0.3) is 0 Å². The molecule has 1 heterocycles. The molecule has 0 bridgehead atoms. The van der Waals surface area contributed by atoms with E-state index in [0.29, 0.717) is 12.8 Å². The second kappa shape index (κ2) is 9.15. The molecule has 132 valence electrons. The van der Waals surface area contributed by atoms with Crippen LogP contribution in [0, 0.1) is 5.82 Å². The molecule has 0 aliphatic carbocycles. The summed E-state index contributed by atoms with van der Waals surface area (Å²) < 4.78 is 13.1. The van der Waals surface area contributed by atoms with Crippen LogP contribution in [0.15, 0.2) is 78.0 Å². The number of nitrogens with one attached hydrogen (secondary N) is 1. The number of amides is 1. The normalized spacial score (nSPS) is 10.5. The summed E-state index contributed by atoms with van der Waals surface area (Å²) in [6.45, 7) is 0. The first-order valence-corrected chi connectivity index (χ1v) is 9.34. The molecule has 0 saturated heterocycles. The quantitative estimate of drug-likeness (QED) is 0.593. The van der Waals surface area contributed by atoms with Gasteiger partial charge in [-0.3, -0.25) is 9.78 Å². The number of carbonyl (C=O) groups excluding carboxylic acids is 1. The van der Waals surface area contributed by atoms with Gasteiger partial charge in [-0.1, -0.05) is 18.2 Å². The van der Waals surface area contributed by atoms with Gasteiger partial charge in [0, 0.05) is 35.2 Å². The molecule has 1 aromatic heterocycles. The number of halogens is 1. The molecule has 26 heavy (non-hydrogen) atoms. The zero-order valence-electron chi connectivity index (χ0n) is 14.2. The van der Waals surface area contributed by atoms with Crippen molar-refractivity contribution >= 4 is 23.4 Å². The molecule has 3 nitrogen and oxygen atoms in total. The number of anilines is 1. The van der Waals surface area contributed by atoms with E-state index in [4.69, 9.17) is 0 Å². The molecular weight excluding hydrogens is 347 g/mol. The second-order valence-corrected chi connectivity index (χ2v) is 6.90. The van der Waals surface area contributed by atoms with Crippen molar-refractivity contribution in [3.05, 3.63) is 90.0 Å². The molecule has 2 aromatic carbocycles. The van der Waals surface area contributed by atoms with Crippen molar-refractivity contribution < 1.29 is 9.18 Å². The molecule has 0 atom stereocenters. The van der Waals surface area contributed by atoms with Crippen LogP contribution >= 0.6 is 11.8 Å². The van der Waals surface area contributed by atoms with Crippen molar-refractivity contribution in [3.8, 4) is 0 Å². The fourth-order valence-electron chi connectivity index (χ4n) is 2.46. The molecule has 0 saturated carbocycles. The van der Waals surface area contributed by atoms with Gasteiger partial charge >= 0.3 is 0 Å². The Morgan fingerprint density at radius 2 is 1.85 bits per heavy atom. The van der Waals surface area contributed by atoms with Gasteiger partial charge in [0.15, 0.2) is 0 Å². The Hall–Kier alpha value is -2.66. The lowest BCUT2D eigenvalue weighted by molar-refractivity contribution is -0.116. The number of hydrogen-bond donors (Lipinski definition) is 1. The first-order chi connectivity index (χ1) is 12.7. The molecule has 3 aromatic rings. The van der Waals surface area contributed by atoms with Gasteiger partial charge in [0.05, 0.1) is 0 Å². The number of benzene rings is 2. The fourth-order valence-corrected chi connectivity index (χ4v) is 3.29. The zero-order chi connectivity index (χ0) is 18.2. The minimum Gasteiger partial charge on any atom is -0.326 e. The number of hydrogen-bond acceptors (Lipinski definition) is 3. The van der Waals surface area contributed by atoms with E-state index in [9.17, 15) is 9.18 Å². The van der Waals surface area contributed by atoms with Crippen molar-refractivity contribution in [2.24, 2.45) is 0 Å². The van der Waals surface area contributed by atoms with Crippen molar-refractivity contribution in [1.29, 1.82) is 0 Å². The van der Waals surface area contributed by atoms with Crippen molar-refractivity contribution in [2.45, 2.75) is 23.5 Å². The molecule has 5 heteroatoms. The van der Waals surface area contributed by atoms with Crippen LogP contribution in [0.3, 0.4) is 0 Å². The van der Waals surface area contributed by atoms with Crippen molar-refractivity contribution in [1.82, 2.24) is 4.98 Å². The van der Waals surface area contributed by atoms with E-state index in [1.165, 1.54) is 17.7 Å². The predicted octanol–water partition coefficient (Wildman–Crippen LogP) is 5.08. The van der Waals surface area contributed by atoms with Crippen molar-refractivity contribution in [2.75, 3.05) is 5.32 Å². The van der Waals surface area contributed by atoms with Crippen LogP contribution in [0.2, 0.25) is 0 Å². The molecule has 0 fully saturated rings. The SMILES string of the molecule is O=C(CCc1cccc(F)c1)Nc1ccc(SCc2cccnc2)cc1. The predicted molar refractivity (Wildman–Crippen MR) is 104 cm³/mol. The zero-order valence-corrected chi connectivity index (χ0v) is 15.0. The van der Waals surface area contributed by atoms with Crippen LogP contribution in [-0.2, 0) is 17.0 Å². The third-order valence-electron chi connectivity index (χ3n) is 3.80. The maximum Gasteiger partial charge on any atom is 0.224 e. The van der Waals surface area contributed by atoms with E-state index in [1.54, 1.807) is 24.0 Å². The molecule has 0 radical (unpaired) electrons. The molecule has 0 spiro atoms. The molecule has 0 aliphatic rings. The van der Waals surface area contributed by atoms with Crippen LogP contribution in [0.4, 0.5) is 10.1 Å². The highest BCUT2D eigenvalue weighted by Crippen LogP contribution is 2.24. The number of pyridine rings is 1.